The maximum atomic E-state index is 6.12. The van der Waals surface area contributed by atoms with Crippen LogP contribution in [-0.4, -0.2) is 6.61 Å². The average molecular weight is 419 g/mol. The number of ether oxygens (including phenoxy) is 2. The summed E-state index contributed by atoms with van der Waals surface area (Å²) in [5.74, 6) is 1.60. The van der Waals surface area contributed by atoms with Crippen LogP contribution in [0, 0.1) is 0 Å². The summed E-state index contributed by atoms with van der Waals surface area (Å²) in [5.41, 5.74) is 2.25. The lowest BCUT2D eigenvalue weighted by molar-refractivity contribution is 0.292. The summed E-state index contributed by atoms with van der Waals surface area (Å²) < 4.78 is 13.5. The van der Waals surface area contributed by atoms with Crippen LogP contribution in [0.4, 0.5) is 0 Å². The molecule has 20 heavy (non-hydrogen) atoms. The lowest BCUT2D eigenvalue weighted by atomic mass is 10.1. The van der Waals surface area contributed by atoms with E-state index in [2.05, 4.69) is 37.9 Å². The van der Waals surface area contributed by atoms with Gasteiger partial charge in [-0.15, -0.1) is 0 Å². The van der Waals surface area contributed by atoms with Crippen LogP contribution in [-0.2, 0) is 13.0 Å². The number of hydrogen-bond donors (Lipinski definition) is 0. The van der Waals surface area contributed by atoms with Gasteiger partial charge in [-0.3, -0.25) is 0 Å². The van der Waals surface area contributed by atoms with Gasteiger partial charge in [0.15, 0.2) is 0 Å². The fourth-order valence-corrected chi connectivity index (χ4v) is 3.26. The summed E-state index contributed by atoms with van der Waals surface area (Å²) in [4.78, 5) is 0. The summed E-state index contributed by atoms with van der Waals surface area (Å²) in [7, 11) is 0. The minimum Gasteiger partial charge on any atom is -0.493 e. The Labute approximate surface area is 139 Å². The number of rotatable bonds is 3. The lowest BCUT2D eigenvalue weighted by Crippen LogP contribution is -1.99. The summed E-state index contributed by atoms with van der Waals surface area (Å²) in [6.07, 6.45) is 0.944. The van der Waals surface area contributed by atoms with Crippen LogP contribution in [0.2, 0.25) is 5.02 Å². The third-order valence-electron chi connectivity index (χ3n) is 3.10. The molecule has 2 aromatic rings. The molecule has 0 atom stereocenters. The van der Waals surface area contributed by atoms with Gasteiger partial charge in [0.05, 0.1) is 11.6 Å². The highest BCUT2D eigenvalue weighted by Gasteiger charge is 2.18. The van der Waals surface area contributed by atoms with E-state index in [1.54, 1.807) is 0 Å². The van der Waals surface area contributed by atoms with E-state index in [0.717, 1.165) is 33.3 Å². The van der Waals surface area contributed by atoms with Crippen LogP contribution in [0.15, 0.2) is 39.3 Å². The molecule has 5 heteroatoms. The molecule has 0 N–H and O–H groups in total. The highest BCUT2D eigenvalue weighted by atomic mass is 79.9. The molecule has 1 heterocycles. The van der Waals surface area contributed by atoms with Crippen molar-refractivity contribution in [1.29, 1.82) is 0 Å². The zero-order valence-electron chi connectivity index (χ0n) is 10.5. The van der Waals surface area contributed by atoms with Gasteiger partial charge in [0.2, 0.25) is 0 Å². The molecule has 0 spiro atoms. The Kier molecular flexibility index (Phi) is 4.24. The first-order valence-electron chi connectivity index (χ1n) is 6.15. The Hall–Kier alpha value is -0.710. The quantitative estimate of drug-likeness (QED) is 0.666. The zero-order chi connectivity index (χ0) is 14.1. The monoisotopic (exact) mass is 416 g/mol. The van der Waals surface area contributed by atoms with Crippen molar-refractivity contribution in [2.45, 2.75) is 13.0 Å². The first-order chi connectivity index (χ1) is 9.63. The molecule has 0 fully saturated rings. The van der Waals surface area contributed by atoms with Crippen molar-refractivity contribution < 1.29 is 9.47 Å². The molecular formula is C15H11Br2ClO2. The minimum atomic E-state index is 0.429. The van der Waals surface area contributed by atoms with Crippen molar-refractivity contribution >= 4 is 43.5 Å². The molecule has 2 nitrogen and oxygen atoms in total. The van der Waals surface area contributed by atoms with Crippen LogP contribution >= 0.6 is 43.5 Å². The summed E-state index contributed by atoms with van der Waals surface area (Å²) in [5, 5.41) is 0.598. The molecule has 0 saturated carbocycles. The molecule has 0 unspecified atom stereocenters. The molecular weight excluding hydrogens is 407 g/mol. The molecule has 0 radical (unpaired) electrons. The van der Waals surface area contributed by atoms with Gasteiger partial charge in [0, 0.05) is 20.9 Å². The van der Waals surface area contributed by atoms with Gasteiger partial charge in [-0.2, -0.15) is 0 Å². The van der Waals surface area contributed by atoms with Crippen LogP contribution < -0.4 is 9.47 Å². The lowest BCUT2D eigenvalue weighted by Gasteiger charge is -2.12. The van der Waals surface area contributed by atoms with Crippen LogP contribution in [0.1, 0.15) is 11.1 Å². The molecule has 1 aliphatic rings. The minimum absolute atomic E-state index is 0.429. The van der Waals surface area contributed by atoms with Crippen molar-refractivity contribution in [2.24, 2.45) is 0 Å². The number of hydrogen-bond acceptors (Lipinski definition) is 2. The predicted octanol–water partition coefficient (Wildman–Crippen LogP) is 5.38. The van der Waals surface area contributed by atoms with Crippen LogP contribution in [0.3, 0.4) is 0 Å². The molecule has 0 saturated heterocycles. The van der Waals surface area contributed by atoms with Gasteiger partial charge in [-0.25, -0.2) is 0 Å². The summed E-state index contributed by atoms with van der Waals surface area (Å²) in [6.45, 7) is 1.16. The molecule has 0 aliphatic carbocycles. The number of halogens is 3. The van der Waals surface area contributed by atoms with E-state index in [4.69, 9.17) is 21.1 Å². The molecule has 0 amide bonds. The van der Waals surface area contributed by atoms with Gasteiger partial charge in [-0.1, -0.05) is 43.5 Å². The Balaban J connectivity index is 1.84. The third-order valence-corrected chi connectivity index (χ3v) is 4.37. The van der Waals surface area contributed by atoms with E-state index >= 15 is 0 Å². The molecule has 2 aromatic carbocycles. The van der Waals surface area contributed by atoms with E-state index in [1.165, 1.54) is 5.56 Å². The second kappa shape index (κ2) is 5.96. The van der Waals surface area contributed by atoms with E-state index in [1.807, 2.05) is 24.3 Å². The zero-order valence-corrected chi connectivity index (χ0v) is 14.4. The van der Waals surface area contributed by atoms with Crippen molar-refractivity contribution in [3.63, 3.8) is 0 Å². The van der Waals surface area contributed by atoms with E-state index in [9.17, 15) is 0 Å². The van der Waals surface area contributed by atoms with Gasteiger partial charge in [0.1, 0.15) is 18.1 Å². The maximum Gasteiger partial charge on any atom is 0.139 e. The van der Waals surface area contributed by atoms with Gasteiger partial charge >= 0.3 is 0 Å². The van der Waals surface area contributed by atoms with Crippen molar-refractivity contribution in [3.8, 4) is 11.5 Å². The maximum absolute atomic E-state index is 6.12. The molecule has 0 aromatic heterocycles. The second-order valence-electron chi connectivity index (χ2n) is 4.52. The van der Waals surface area contributed by atoms with Crippen molar-refractivity contribution in [1.82, 2.24) is 0 Å². The first-order valence-corrected chi connectivity index (χ1v) is 8.12. The summed E-state index contributed by atoms with van der Waals surface area (Å²) >= 11 is 13.1. The number of fused-ring (bicyclic) bond motifs is 1. The first kappa shape index (κ1) is 14.2. The molecule has 0 bridgehead atoms. The van der Waals surface area contributed by atoms with Crippen molar-refractivity contribution in [3.05, 3.63) is 55.4 Å². The highest BCUT2D eigenvalue weighted by Crippen LogP contribution is 2.35. The van der Waals surface area contributed by atoms with Crippen LogP contribution in [0.5, 0.6) is 11.5 Å². The normalized spacial score (nSPS) is 12.9. The average Bonchev–Trinajstić information content (AvgIpc) is 2.87. The van der Waals surface area contributed by atoms with Crippen LogP contribution in [0.25, 0.3) is 0 Å². The fourth-order valence-electron chi connectivity index (χ4n) is 2.20. The van der Waals surface area contributed by atoms with Gasteiger partial charge in [0.25, 0.3) is 0 Å². The Bertz CT molecular complexity index is 659. The van der Waals surface area contributed by atoms with Gasteiger partial charge in [-0.05, 0) is 35.9 Å². The SMILES string of the molecule is Clc1ccc(Br)cc1OCc1cc(Br)cc2c1OCC2. The van der Waals surface area contributed by atoms with E-state index < -0.39 is 0 Å². The largest absolute Gasteiger partial charge is 0.493 e. The predicted molar refractivity (Wildman–Crippen MR) is 86.8 cm³/mol. The molecule has 3 rings (SSSR count). The smallest absolute Gasteiger partial charge is 0.139 e. The second-order valence-corrected chi connectivity index (χ2v) is 6.75. The standard InChI is InChI=1S/C15H11Br2ClO2/c16-11-1-2-13(18)14(7-11)20-8-10-6-12(17)5-9-3-4-19-15(9)10/h1-2,5-7H,3-4,8H2. The topological polar surface area (TPSA) is 18.5 Å². The van der Waals surface area contributed by atoms with E-state index in [0.29, 0.717) is 17.4 Å². The summed E-state index contributed by atoms with van der Waals surface area (Å²) in [6, 6.07) is 9.67. The third kappa shape index (κ3) is 2.97. The number of benzene rings is 2. The van der Waals surface area contributed by atoms with Crippen molar-refractivity contribution in [2.75, 3.05) is 6.61 Å². The molecule has 1 aliphatic heterocycles. The Morgan fingerprint density at radius 2 is 2.00 bits per heavy atom. The Morgan fingerprint density at radius 3 is 2.85 bits per heavy atom. The van der Waals surface area contributed by atoms with E-state index in [-0.39, 0.29) is 0 Å². The molecule has 104 valence electrons. The fraction of sp³-hybridized carbons (Fsp3) is 0.200. The van der Waals surface area contributed by atoms with Gasteiger partial charge < -0.3 is 9.47 Å². The highest BCUT2D eigenvalue weighted by molar-refractivity contribution is 9.10. The Morgan fingerprint density at radius 1 is 1.15 bits per heavy atom.